The molecule has 2 unspecified atom stereocenters. The Bertz CT molecular complexity index is 322. The van der Waals surface area contributed by atoms with Gasteiger partial charge in [0.25, 0.3) is 0 Å². The molecule has 3 nitrogen and oxygen atoms in total. The van der Waals surface area contributed by atoms with Gasteiger partial charge in [-0.05, 0) is 25.3 Å². The summed E-state index contributed by atoms with van der Waals surface area (Å²) in [6, 6.07) is 0. The third-order valence-corrected chi connectivity index (χ3v) is 4.37. The molecule has 0 aromatic carbocycles. The van der Waals surface area contributed by atoms with E-state index in [1.165, 1.54) is 39.0 Å². The molecule has 0 aliphatic heterocycles. The highest BCUT2D eigenvalue weighted by atomic mass is 16.4. The molecule has 0 saturated carbocycles. The first-order valence-corrected chi connectivity index (χ1v) is 7.81. The van der Waals surface area contributed by atoms with Crippen molar-refractivity contribution >= 4 is 11.8 Å². The zero-order valence-corrected chi connectivity index (χ0v) is 13.3. The van der Waals surface area contributed by atoms with E-state index in [1.54, 1.807) is 0 Å². The summed E-state index contributed by atoms with van der Waals surface area (Å²) in [5, 5.41) is 9.34. The summed E-state index contributed by atoms with van der Waals surface area (Å²) in [6.07, 6.45) is 10.3. The van der Waals surface area contributed by atoms with Crippen molar-refractivity contribution in [1.82, 2.24) is 0 Å². The van der Waals surface area contributed by atoms with Crippen LogP contribution in [0.4, 0.5) is 0 Å². The van der Waals surface area contributed by atoms with E-state index >= 15 is 0 Å². The summed E-state index contributed by atoms with van der Waals surface area (Å²) < 4.78 is 0. The van der Waals surface area contributed by atoms with Crippen LogP contribution in [0.2, 0.25) is 0 Å². The number of hydrogen-bond acceptors (Lipinski definition) is 2. The molecule has 0 heterocycles. The lowest BCUT2D eigenvalue weighted by atomic mass is 9.72. The second-order valence-corrected chi connectivity index (χ2v) is 5.89. The van der Waals surface area contributed by atoms with Crippen molar-refractivity contribution in [3.8, 4) is 0 Å². The van der Waals surface area contributed by atoms with Crippen LogP contribution in [-0.4, -0.2) is 16.9 Å². The number of rotatable bonds is 12. The van der Waals surface area contributed by atoms with E-state index in [0.29, 0.717) is 0 Å². The number of allylic oxidation sites excluding steroid dienone is 1. The molecular weight excluding hydrogens is 252 g/mol. The van der Waals surface area contributed by atoms with Gasteiger partial charge in [-0.2, -0.15) is 0 Å². The van der Waals surface area contributed by atoms with Gasteiger partial charge in [-0.3, -0.25) is 9.59 Å². The van der Waals surface area contributed by atoms with Gasteiger partial charge in [-0.25, -0.2) is 0 Å². The van der Waals surface area contributed by atoms with Gasteiger partial charge >= 0.3 is 5.97 Å². The maximum atomic E-state index is 11.8. The molecule has 2 atom stereocenters. The second-order valence-electron chi connectivity index (χ2n) is 5.89. The zero-order chi connectivity index (χ0) is 15.6. The number of hydrogen-bond donors (Lipinski definition) is 1. The highest BCUT2D eigenvalue weighted by molar-refractivity contribution is 6.08. The number of carbonyl (C=O) groups excluding carboxylic acids is 1. The van der Waals surface area contributed by atoms with E-state index in [0.717, 1.165) is 25.3 Å². The number of carboxylic acids is 1. The lowest BCUT2D eigenvalue weighted by Crippen LogP contribution is -2.41. The van der Waals surface area contributed by atoms with Crippen LogP contribution >= 0.6 is 0 Å². The standard InChI is InChI=1S/C17H30O3/c1-5-7-8-9-10-11-12-13-14(3)17(4,16(19)20)15(18)6-2/h6,14H,2,5,7-13H2,1,3-4H3,(H,19,20). The highest BCUT2D eigenvalue weighted by Gasteiger charge is 2.44. The summed E-state index contributed by atoms with van der Waals surface area (Å²) in [5.41, 5.74) is -1.33. The van der Waals surface area contributed by atoms with Crippen molar-refractivity contribution < 1.29 is 14.7 Å². The van der Waals surface area contributed by atoms with E-state index in [1.807, 2.05) is 6.92 Å². The minimum Gasteiger partial charge on any atom is -0.480 e. The minimum absolute atomic E-state index is 0.166. The molecule has 0 saturated heterocycles. The van der Waals surface area contributed by atoms with Crippen molar-refractivity contribution in [2.45, 2.75) is 72.1 Å². The summed E-state index contributed by atoms with van der Waals surface area (Å²) in [6.45, 7) is 8.99. The summed E-state index contributed by atoms with van der Waals surface area (Å²) in [4.78, 5) is 23.2. The highest BCUT2D eigenvalue weighted by Crippen LogP contribution is 2.33. The van der Waals surface area contributed by atoms with Gasteiger partial charge in [0.2, 0.25) is 0 Å². The van der Waals surface area contributed by atoms with Crippen LogP contribution in [0.15, 0.2) is 12.7 Å². The Balaban J connectivity index is 4.16. The van der Waals surface area contributed by atoms with Gasteiger partial charge in [-0.1, -0.05) is 65.4 Å². The molecule has 0 fully saturated rings. The van der Waals surface area contributed by atoms with Crippen molar-refractivity contribution in [3.63, 3.8) is 0 Å². The maximum absolute atomic E-state index is 11.8. The van der Waals surface area contributed by atoms with Crippen molar-refractivity contribution in [1.29, 1.82) is 0 Å². The molecule has 0 rings (SSSR count). The SMILES string of the molecule is C=CC(=O)C(C)(C(=O)O)C(C)CCCCCCCCC. The van der Waals surface area contributed by atoms with E-state index in [9.17, 15) is 14.7 Å². The first-order chi connectivity index (χ1) is 9.41. The van der Waals surface area contributed by atoms with Gasteiger partial charge < -0.3 is 5.11 Å². The fraction of sp³-hybridized carbons (Fsp3) is 0.765. The predicted molar refractivity (Wildman–Crippen MR) is 82.7 cm³/mol. The quantitative estimate of drug-likeness (QED) is 0.323. The molecule has 0 aromatic heterocycles. The molecule has 0 aromatic rings. The molecule has 0 aliphatic rings. The Morgan fingerprint density at radius 3 is 2.10 bits per heavy atom. The smallest absolute Gasteiger partial charge is 0.317 e. The van der Waals surface area contributed by atoms with Gasteiger partial charge in [-0.15, -0.1) is 0 Å². The topological polar surface area (TPSA) is 54.4 Å². The van der Waals surface area contributed by atoms with Crippen LogP contribution in [0.3, 0.4) is 0 Å². The summed E-state index contributed by atoms with van der Waals surface area (Å²) in [7, 11) is 0. The summed E-state index contributed by atoms with van der Waals surface area (Å²) in [5.74, 6) is -1.60. The molecule has 0 radical (unpaired) electrons. The molecule has 20 heavy (non-hydrogen) atoms. The third-order valence-electron chi connectivity index (χ3n) is 4.37. The first-order valence-electron chi connectivity index (χ1n) is 7.81. The van der Waals surface area contributed by atoms with Crippen molar-refractivity contribution in [2.75, 3.05) is 0 Å². The molecule has 116 valence electrons. The van der Waals surface area contributed by atoms with Crippen LogP contribution in [-0.2, 0) is 9.59 Å². The number of ketones is 1. The lowest BCUT2D eigenvalue weighted by molar-refractivity contribution is -0.155. The van der Waals surface area contributed by atoms with Gasteiger partial charge in [0, 0.05) is 0 Å². The number of aliphatic carboxylic acids is 1. The maximum Gasteiger partial charge on any atom is 0.317 e. The zero-order valence-electron chi connectivity index (χ0n) is 13.3. The molecule has 0 amide bonds. The minimum atomic E-state index is -1.33. The monoisotopic (exact) mass is 282 g/mol. The Kier molecular flexibility index (Phi) is 9.19. The average Bonchev–Trinajstić information content (AvgIpc) is 2.43. The Labute approximate surface area is 123 Å². The number of carboxylic acid groups (broad SMARTS) is 1. The van der Waals surface area contributed by atoms with E-state index in [4.69, 9.17) is 0 Å². The van der Waals surface area contributed by atoms with Crippen molar-refractivity contribution in [3.05, 3.63) is 12.7 Å². The fourth-order valence-corrected chi connectivity index (χ4v) is 2.47. The Morgan fingerprint density at radius 1 is 1.15 bits per heavy atom. The molecular formula is C17H30O3. The van der Waals surface area contributed by atoms with Crippen LogP contribution in [0.5, 0.6) is 0 Å². The van der Waals surface area contributed by atoms with E-state index in [-0.39, 0.29) is 11.7 Å². The number of carbonyl (C=O) groups is 2. The molecule has 1 N–H and O–H groups in total. The van der Waals surface area contributed by atoms with Crippen LogP contribution < -0.4 is 0 Å². The molecule has 0 bridgehead atoms. The molecule has 0 spiro atoms. The van der Waals surface area contributed by atoms with Gasteiger partial charge in [0.15, 0.2) is 5.78 Å². The van der Waals surface area contributed by atoms with Gasteiger partial charge in [0.05, 0.1) is 0 Å². The molecule has 3 heteroatoms. The first kappa shape index (κ1) is 18.9. The average molecular weight is 282 g/mol. The Hall–Kier alpha value is -1.12. The second kappa shape index (κ2) is 9.73. The molecule has 0 aliphatic carbocycles. The fourth-order valence-electron chi connectivity index (χ4n) is 2.47. The summed E-state index contributed by atoms with van der Waals surface area (Å²) >= 11 is 0. The van der Waals surface area contributed by atoms with E-state index in [2.05, 4.69) is 13.5 Å². The third kappa shape index (κ3) is 5.48. The van der Waals surface area contributed by atoms with E-state index < -0.39 is 11.4 Å². The normalized spacial score (nSPS) is 15.3. The van der Waals surface area contributed by atoms with Crippen LogP contribution in [0.1, 0.15) is 72.1 Å². The van der Waals surface area contributed by atoms with Gasteiger partial charge in [0.1, 0.15) is 5.41 Å². The lowest BCUT2D eigenvalue weighted by Gasteiger charge is -2.29. The Morgan fingerprint density at radius 2 is 1.65 bits per heavy atom. The van der Waals surface area contributed by atoms with Crippen LogP contribution in [0.25, 0.3) is 0 Å². The predicted octanol–water partition coefficient (Wildman–Crippen LogP) is 4.61. The van der Waals surface area contributed by atoms with Crippen molar-refractivity contribution in [2.24, 2.45) is 11.3 Å². The van der Waals surface area contributed by atoms with Crippen LogP contribution in [0, 0.1) is 11.3 Å². The largest absolute Gasteiger partial charge is 0.480 e. The number of unbranched alkanes of at least 4 members (excludes halogenated alkanes) is 6.